The van der Waals surface area contributed by atoms with Crippen molar-refractivity contribution in [1.29, 1.82) is 0 Å². The zero-order chi connectivity index (χ0) is 13.5. The summed E-state index contributed by atoms with van der Waals surface area (Å²) in [5.41, 5.74) is 0. The number of hydrogen-bond acceptors (Lipinski definition) is 8. The van der Waals surface area contributed by atoms with E-state index in [0.29, 0.717) is 37.6 Å². The molecule has 2 heterocycles. The van der Waals surface area contributed by atoms with E-state index >= 15 is 0 Å². The Hall–Kier alpha value is -1.67. The Balaban J connectivity index is 2.17. The maximum absolute atomic E-state index is 8.84. The van der Waals surface area contributed by atoms with E-state index in [-0.39, 0.29) is 6.61 Å². The molecule has 0 aromatic carbocycles. The van der Waals surface area contributed by atoms with Crippen LogP contribution in [0.15, 0.2) is 0 Å². The maximum Gasteiger partial charge on any atom is 0.232 e. The zero-order valence-corrected chi connectivity index (χ0v) is 11.1. The Morgan fingerprint density at radius 2 is 1.84 bits per heavy atom. The summed E-state index contributed by atoms with van der Waals surface area (Å²) in [7, 11) is 0. The van der Waals surface area contributed by atoms with E-state index in [9.17, 15) is 0 Å². The quantitative estimate of drug-likeness (QED) is 0.638. The number of aliphatic hydroxyl groups excluding tert-OH is 1. The van der Waals surface area contributed by atoms with Crippen LogP contribution < -0.4 is 15.5 Å². The number of nitrogens with one attached hydrogen (secondary N) is 2. The van der Waals surface area contributed by atoms with Gasteiger partial charge >= 0.3 is 0 Å². The molecule has 1 aromatic heterocycles. The summed E-state index contributed by atoms with van der Waals surface area (Å²) in [6.45, 7) is 6.09. The molecule has 0 aliphatic carbocycles. The molecule has 0 amide bonds. The van der Waals surface area contributed by atoms with Crippen LogP contribution in [0.5, 0.6) is 0 Å². The first kappa shape index (κ1) is 13.8. The van der Waals surface area contributed by atoms with Crippen LogP contribution >= 0.6 is 0 Å². The molecule has 19 heavy (non-hydrogen) atoms. The van der Waals surface area contributed by atoms with Crippen LogP contribution in [-0.2, 0) is 4.74 Å². The van der Waals surface area contributed by atoms with E-state index < -0.39 is 0 Å². The van der Waals surface area contributed by atoms with Crippen molar-refractivity contribution in [3.8, 4) is 0 Å². The van der Waals surface area contributed by atoms with Gasteiger partial charge in [0.05, 0.1) is 19.8 Å². The summed E-state index contributed by atoms with van der Waals surface area (Å²) in [5.74, 6) is 1.65. The lowest BCUT2D eigenvalue weighted by atomic mass is 10.4. The summed E-state index contributed by atoms with van der Waals surface area (Å²) in [6, 6.07) is 0. The Kier molecular flexibility index (Phi) is 5.10. The van der Waals surface area contributed by atoms with Crippen molar-refractivity contribution in [1.82, 2.24) is 15.0 Å². The first-order valence-electron chi connectivity index (χ1n) is 6.51. The molecule has 1 saturated heterocycles. The second kappa shape index (κ2) is 7.05. The topological polar surface area (TPSA) is 95.4 Å². The summed E-state index contributed by atoms with van der Waals surface area (Å²) < 4.78 is 5.32. The van der Waals surface area contributed by atoms with E-state index in [2.05, 4.69) is 30.5 Å². The van der Waals surface area contributed by atoms with Gasteiger partial charge in [0.1, 0.15) is 0 Å². The van der Waals surface area contributed by atoms with Gasteiger partial charge in [-0.05, 0) is 6.92 Å². The van der Waals surface area contributed by atoms with Gasteiger partial charge in [-0.1, -0.05) is 0 Å². The molecular formula is C11H20N6O2. The monoisotopic (exact) mass is 268 g/mol. The first-order chi connectivity index (χ1) is 9.33. The van der Waals surface area contributed by atoms with Crippen molar-refractivity contribution in [3.63, 3.8) is 0 Å². The molecule has 0 saturated carbocycles. The minimum atomic E-state index is 0.0368. The predicted octanol–water partition coefficient (Wildman–Crippen LogP) is -0.456. The molecule has 0 unspecified atom stereocenters. The van der Waals surface area contributed by atoms with Crippen LogP contribution in [0.25, 0.3) is 0 Å². The molecule has 106 valence electrons. The van der Waals surface area contributed by atoms with Crippen LogP contribution in [0.3, 0.4) is 0 Å². The van der Waals surface area contributed by atoms with Crippen LogP contribution in [0.1, 0.15) is 6.92 Å². The lowest BCUT2D eigenvalue weighted by Gasteiger charge is -2.27. The molecule has 0 atom stereocenters. The SMILES string of the molecule is CCNc1nc(NCCO)nc(N2CCOCC2)n1. The highest BCUT2D eigenvalue weighted by Crippen LogP contribution is 2.14. The van der Waals surface area contributed by atoms with Crippen molar-refractivity contribution in [2.24, 2.45) is 0 Å². The fourth-order valence-corrected chi connectivity index (χ4v) is 1.75. The molecular weight excluding hydrogens is 248 g/mol. The average Bonchev–Trinajstić information content (AvgIpc) is 2.46. The third kappa shape index (κ3) is 3.90. The number of aliphatic hydroxyl groups is 1. The number of morpholine rings is 1. The fraction of sp³-hybridized carbons (Fsp3) is 0.727. The molecule has 8 heteroatoms. The Bertz CT molecular complexity index is 397. The van der Waals surface area contributed by atoms with Crippen molar-refractivity contribution in [2.75, 3.05) is 61.5 Å². The normalized spacial score (nSPS) is 15.4. The standard InChI is InChI=1S/C11H20N6O2/c1-2-12-9-14-10(13-3-6-18)16-11(15-9)17-4-7-19-8-5-17/h18H,2-8H2,1H3,(H2,12,13,14,15,16). The number of ether oxygens (including phenoxy) is 1. The molecule has 1 fully saturated rings. The second-order valence-electron chi connectivity index (χ2n) is 4.06. The van der Waals surface area contributed by atoms with E-state index in [0.717, 1.165) is 19.6 Å². The fourth-order valence-electron chi connectivity index (χ4n) is 1.75. The third-order valence-corrected chi connectivity index (χ3v) is 2.65. The van der Waals surface area contributed by atoms with E-state index in [1.54, 1.807) is 0 Å². The number of rotatable bonds is 6. The molecule has 0 spiro atoms. The number of aromatic nitrogens is 3. The molecule has 2 rings (SSSR count). The molecule has 1 aromatic rings. The van der Waals surface area contributed by atoms with Gasteiger partial charge < -0.3 is 25.4 Å². The second-order valence-corrected chi connectivity index (χ2v) is 4.06. The highest BCUT2D eigenvalue weighted by Gasteiger charge is 2.16. The summed E-state index contributed by atoms with van der Waals surface area (Å²) in [6.07, 6.45) is 0. The van der Waals surface area contributed by atoms with E-state index in [1.165, 1.54) is 0 Å². The van der Waals surface area contributed by atoms with Crippen molar-refractivity contribution >= 4 is 17.8 Å². The van der Waals surface area contributed by atoms with Gasteiger partial charge in [0.25, 0.3) is 0 Å². The smallest absolute Gasteiger partial charge is 0.232 e. The van der Waals surface area contributed by atoms with Gasteiger partial charge in [-0.25, -0.2) is 0 Å². The van der Waals surface area contributed by atoms with Crippen molar-refractivity contribution < 1.29 is 9.84 Å². The third-order valence-electron chi connectivity index (χ3n) is 2.65. The van der Waals surface area contributed by atoms with E-state index in [1.807, 2.05) is 6.92 Å². The molecule has 3 N–H and O–H groups in total. The summed E-state index contributed by atoms with van der Waals surface area (Å²) in [5, 5.41) is 14.9. The van der Waals surface area contributed by atoms with Crippen molar-refractivity contribution in [3.05, 3.63) is 0 Å². The minimum absolute atomic E-state index is 0.0368. The lowest BCUT2D eigenvalue weighted by molar-refractivity contribution is 0.122. The Morgan fingerprint density at radius 3 is 2.47 bits per heavy atom. The van der Waals surface area contributed by atoms with Crippen LogP contribution in [0.2, 0.25) is 0 Å². The maximum atomic E-state index is 8.84. The zero-order valence-electron chi connectivity index (χ0n) is 11.1. The van der Waals surface area contributed by atoms with Crippen LogP contribution in [0.4, 0.5) is 17.8 Å². The molecule has 1 aliphatic rings. The van der Waals surface area contributed by atoms with Gasteiger partial charge in [0.15, 0.2) is 0 Å². The number of anilines is 3. The molecule has 0 bridgehead atoms. The number of nitrogens with zero attached hydrogens (tertiary/aromatic N) is 4. The van der Waals surface area contributed by atoms with Crippen LogP contribution in [-0.4, -0.2) is 66.1 Å². The van der Waals surface area contributed by atoms with Gasteiger partial charge in [-0.2, -0.15) is 15.0 Å². The highest BCUT2D eigenvalue weighted by atomic mass is 16.5. The van der Waals surface area contributed by atoms with Crippen molar-refractivity contribution in [2.45, 2.75) is 6.92 Å². The van der Waals surface area contributed by atoms with E-state index in [4.69, 9.17) is 9.84 Å². The number of hydrogen-bond donors (Lipinski definition) is 3. The van der Waals surface area contributed by atoms with Gasteiger partial charge in [-0.15, -0.1) is 0 Å². The molecule has 1 aliphatic heterocycles. The average molecular weight is 268 g/mol. The molecule has 0 radical (unpaired) electrons. The first-order valence-corrected chi connectivity index (χ1v) is 6.51. The minimum Gasteiger partial charge on any atom is -0.395 e. The summed E-state index contributed by atoms with van der Waals surface area (Å²) in [4.78, 5) is 15.1. The molecule has 8 nitrogen and oxygen atoms in total. The van der Waals surface area contributed by atoms with Gasteiger partial charge in [0.2, 0.25) is 17.8 Å². The van der Waals surface area contributed by atoms with Gasteiger partial charge in [-0.3, -0.25) is 0 Å². The summed E-state index contributed by atoms with van der Waals surface area (Å²) >= 11 is 0. The largest absolute Gasteiger partial charge is 0.395 e. The predicted molar refractivity (Wildman–Crippen MR) is 72.6 cm³/mol. The Labute approximate surface area is 112 Å². The lowest BCUT2D eigenvalue weighted by Crippen LogP contribution is -2.37. The van der Waals surface area contributed by atoms with Gasteiger partial charge in [0, 0.05) is 26.2 Å². The Morgan fingerprint density at radius 1 is 1.16 bits per heavy atom. The highest BCUT2D eigenvalue weighted by molar-refractivity contribution is 5.44. The van der Waals surface area contributed by atoms with Crippen LogP contribution in [0, 0.1) is 0 Å².